The number of carbonyl (C=O) groups is 1. The third-order valence-corrected chi connectivity index (χ3v) is 4.85. The minimum atomic E-state index is -0.181. The molecule has 1 amide bonds. The minimum Gasteiger partial charge on any atom is -0.493 e. The van der Waals surface area contributed by atoms with Gasteiger partial charge in [-0.15, -0.1) is 0 Å². The maximum Gasteiger partial charge on any atom is 0.261 e. The molecule has 8 heteroatoms. The quantitative estimate of drug-likeness (QED) is 0.612. The Balaban J connectivity index is 1.65. The van der Waals surface area contributed by atoms with Crippen LogP contribution in [-0.4, -0.2) is 36.8 Å². The number of rotatable bonds is 8. The van der Waals surface area contributed by atoms with E-state index in [2.05, 4.69) is 10.3 Å². The molecular formula is C22H25N3O5. The number of methoxy groups -OCH3 is 3. The molecule has 2 aromatic carbocycles. The Kier molecular flexibility index (Phi) is 6.56. The number of ether oxygens (including phenoxy) is 3. The van der Waals surface area contributed by atoms with Crippen LogP contribution in [0.4, 0.5) is 0 Å². The summed E-state index contributed by atoms with van der Waals surface area (Å²) in [5.74, 6) is 1.35. The predicted octanol–water partition coefficient (Wildman–Crippen LogP) is 2.44. The van der Waals surface area contributed by atoms with Crippen molar-refractivity contribution in [3.63, 3.8) is 0 Å². The first-order chi connectivity index (χ1) is 14.5. The van der Waals surface area contributed by atoms with E-state index >= 15 is 0 Å². The summed E-state index contributed by atoms with van der Waals surface area (Å²) in [6, 6.07) is 9.05. The van der Waals surface area contributed by atoms with Crippen LogP contribution >= 0.6 is 0 Å². The van der Waals surface area contributed by atoms with Crippen molar-refractivity contribution in [2.75, 3.05) is 21.3 Å². The van der Waals surface area contributed by atoms with E-state index in [1.165, 1.54) is 32.2 Å². The summed E-state index contributed by atoms with van der Waals surface area (Å²) in [4.78, 5) is 29.3. The van der Waals surface area contributed by atoms with Gasteiger partial charge in [-0.3, -0.25) is 14.2 Å². The van der Waals surface area contributed by atoms with Crippen molar-refractivity contribution < 1.29 is 19.0 Å². The second-order valence-electron chi connectivity index (χ2n) is 6.77. The highest BCUT2D eigenvalue weighted by Crippen LogP contribution is 2.38. The Morgan fingerprint density at radius 3 is 2.43 bits per heavy atom. The molecule has 3 rings (SSSR count). The Hall–Kier alpha value is -3.55. The molecule has 3 aromatic rings. The predicted molar refractivity (Wildman–Crippen MR) is 113 cm³/mol. The van der Waals surface area contributed by atoms with Crippen LogP contribution in [0.15, 0.2) is 41.5 Å². The molecule has 30 heavy (non-hydrogen) atoms. The van der Waals surface area contributed by atoms with Gasteiger partial charge in [-0.25, -0.2) is 4.98 Å². The van der Waals surface area contributed by atoms with E-state index in [4.69, 9.17) is 14.2 Å². The van der Waals surface area contributed by atoms with Gasteiger partial charge in [-0.2, -0.15) is 0 Å². The van der Waals surface area contributed by atoms with Crippen molar-refractivity contribution in [1.82, 2.24) is 14.9 Å². The summed E-state index contributed by atoms with van der Waals surface area (Å²) < 4.78 is 17.4. The van der Waals surface area contributed by atoms with Gasteiger partial charge in [0.1, 0.15) is 0 Å². The van der Waals surface area contributed by atoms with Gasteiger partial charge in [0.05, 0.1) is 38.6 Å². The summed E-state index contributed by atoms with van der Waals surface area (Å²) in [7, 11) is 4.61. The van der Waals surface area contributed by atoms with Gasteiger partial charge in [-0.05, 0) is 36.2 Å². The highest BCUT2D eigenvalue weighted by atomic mass is 16.5. The average Bonchev–Trinajstić information content (AvgIpc) is 2.76. The number of hydrogen-bond donors (Lipinski definition) is 1. The number of fused-ring (bicyclic) bond motifs is 1. The van der Waals surface area contributed by atoms with Crippen LogP contribution in [-0.2, 0) is 17.9 Å². The maximum atomic E-state index is 12.6. The number of hydrogen-bond acceptors (Lipinski definition) is 6. The third kappa shape index (κ3) is 4.37. The molecule has 0 aliphatic carbocycles. The zero-order valence-corrected chi connectivity index (χ0v) is 17.5. The topological polar surface area (TPSA) is 91.7 Å². The molecule has 1 N–H and O–H groups in total. The monoisotopic (exact) mass is 411 g/mol. The van der Waals surface area contributed by atoms with Gasteiger partial charge < -0.3 is 19.5 Å². The van der Waals surface area contributed by atoms with Crippen LogP contribution in [0.25, 0.3) is 10.9 Å². The molecule has 1 aromatic heterocycles. The van der Waals surface area contributed by atoms with Crippen LogP contribution in [0.1, 0.15) is 17.5 Å². The Labute approximate surface area is 174 Å². The van der Waals surface area contributed by atoms with Gasteiger partial charge in [0.15, 0.2) is 11.5 Å². The highest BCUT2D eigenvalue weighted by molar-refractivity contribution is 5.80. The SMILES string of the molecule is COc1cc(CNC(=O)CCn2cnc3c(C)cccc3c2=O)cc(OC)c1OC. The van der Waals surface area contributed by atoms with E-state index in [1.807, 2.05) is 19.1 Å². The fraction of sp³-hybridized carbons (Fsp3) is 0.318. The van der Waals surface area contributed by atoms with Crippen LogP contribution < -0.4 is 25.1 Å². The molecule has 1 heterocycles. The Morgan fingerprint density at radius 1 is 1.10 bits per heavy atom. The molecule has 0 saturated heterocycles. The van der Waals surface area contributed by atoms with Gasteiger partial charge in [0, 0.05) is 19.5 Å². The highest BCUT2D eigenvalue weighted by Gasteiger charge is 2.14. The molecule has 0 spiro atoms. The van der Waals surface area contributed by atoms with Crippen molar-refractivity contribution in [1.29, 1.82) is 0 Å². The lowest BCUT2D eigenvalue weighted by molar-refractivity contribution is -0.121. The fourth-order valence-corrected chi connectivity index (χ4v) is 3.25. The Bertz CT molecular complexity index is 1100. The number of aryl methyl sites for hydroxylation is 2. The molecule has 0 saturated carbocycles. The smallest absolute Gasteiger partial charge is 0.261 e. The molecule has 0 atom stereocenters. The molecule has 0 unspecified atom stereocenters. The number of amides is 1. The van der Waals surface area contributed by atoms with Crippen LogP contribution in [0.5, 0.6) is 17.2 Å². The normalized spacial score (nSPS) is 10.7. The molecule has 0 radical (unpaired) electrons. The molecule has 8 nitrogen and oxygen atoms in total. The molecule has 0 fully saturated rings. The molecular weight excluding hydrogens is 386 g/mol. The summed E-state index contributed by atoms with van der Waals surface area (Å²) >= 11 is 0. The van der Waals surface area contributed by atoms with E-state index in [0.29, 0.717) is 34.7 Å². The maximum absolute atomic E-state index is 12.6. The third-order valence-electron chi connectivity index (χ3n) is 4.85. The average molecular weight is 411 g/mol. The van der Waals surface area contributed by atoms with E-state index in [1.54, 1.807) is 18.2 Å². The van der Waals surface area contributed by atoms with Crippen LogP contribution in [0.3, 0.4) is 0 Å². The van der Waals surface area contributed by atoms with Gasteiger partial charge in [0.25, 0.3) is 5.56 Å². The molecule has 0 aliphatic heterocycles. The first-order valence-corrected chi connectivity index (χ1v) is 9.48. The van der Waals surface area contributed by atoms with E-state index < -0.39 is 0 Å². The minimum absolute atomic E-state index is 0.152. The number of aromatic nitrogens is 2. The first kappa shape index (κ1) is 21.2. The summed E-state index contributed by atoms with van der Waals surface area (Å²) in [6.45, 7) is 2.45. The number of nitrogens with zero attached hydrogens (tertiary/aromatic N) is 2. The van der Waals surface area contributed by atoms with E-state index in [9.17, 15) is 9.59 Å². The van der Waals surface area contributed by atoms with Crippen molar-refractivity contribution >= 4 is 16.8 Å². The number of benzene rings is 2. The summed E-state index contributed by atoms with van der Waals surface area (Å²) in [5, 5.41) is 3.40. The van der Waals surface area contributed by atoms with Gasteiger partial charge in [-0.1, -0.05) is 12.1 Å². The summed E-state index contributed by atoms with van der Waals surface area (Å²) in [5.41, 5.74) is 2.28. The second-order valence-corrected chi connectivity index (χ2v) is 6.77. The fourth-order valence-electron chi connectivity index (χ4n) is 3.25. The van der Waals surface area contributed by atoms with E-state index in [-0.39, 0.29) is 24.4 Å². The molecule has 0 aliphatic rings. The van der Waals surface area contributed by atoms with Gasteiger partial charge in [0.2, 0.25) is 11.7 Å². The molecule has 0 bridgehead atoms. The number of nitrogens with one attached hydrogen (secondary N) is 1. The van der Waals surface area contributed by atoms with Crippen molar-refractivity contribution in [2.45, 2.75) is 26.4 Å². The lowest BCUT2D eigenvalue weighted by atomic mass is 10.1. The lowest BCUT2D eigenvalue weighted by Gasteiger charge is -2.14. The number of para-hydroxylation sites is 1. The standard InChI is InChI=1S/C22H25N3O5/c1-14-6-5-7-16-20(14)24-13-25(22(16)27)9-8-19(26)23-12-15-10-17(28-2)21(30-4)18(11-15)29-3/h5-7,10-11,13H,8-9,12H2,1-4H3,(H,23,26). The largest absolute Gasteiger partial charge is 0.493 e. The van der Waals surface area contributed by atoms with Crippen molar-refractivity contribution in [3.05, 3.63) is 58.1 Å². The van der Waals surface area contributed by atoms with Crippen LogP contribution in [0, 0.1) is 6.92 Å². The first-order valence-electron chi connectivity index (χ1n) is 9.48. The van der Waals surface area contributed by atoms with Crippen LogP contribution in [0.2, 0.25) is 0 Å². The zero-order chi connectivity index (χ0) is 21.7. The van der Waals surface area contributed by atoms with Gasteiger partial charge >= 0.3 is 0 Å². The Morgan fingerprint density at radius 2 is 1.80 bits per heavy atom. The second kappa shape index (κ2) is 9.30. The zero-order valence-electron chi connectivity index (χ0n) is 17.5. The summed E-state index contributed by atoms with van der Waals surface area (Å²) in [6.07, 6.45) is 1.65. The number of carbonyl (C=O) groups excluding carboxylic acids is 1. The molecule has 158 valence electrons. The van der Waals surface area contributed by atoms with E-state index in [0.717, 1.165) is 11.1 Å². The lowest BCUT2D eigenvalue weighted by Crippen LogP contribution is -2.27. The van der Waals surface area contributed by atoms with Crippen molar-refractivity contribution in [2.24, 2.45) is 0 Å². The van der Waals surface area contributed by atoms with Crippen molar-refractivity contribution in [3.8, 4) is 17.2 Å².